The summed E-state index contributed by atoms with van der Waals surface area (Å²) in [6.07, 6.45) is -3.46. The van der Waals surface area contributed by atoms with Gasteiger partial charge < -0.3 is 5.32 Å². The third kappa shape index (κ3) is 3.67. The van der Waals surface area contributed by atoms with Crippen LogP contribution in [0.5, 0.6) is 0 Å². The summed E-state index contributed by atoms with van der Waals surface area (Å²) in [4.78, 5) is 2.77. The molecule has 0 atom stereocenters. The third-order valence-electron chi connectivity index (χ3n) is 2.63. The number of alkyl halides is 3. The van der Waals surface area contributed by atoms with Gasteiger partial charge in [0.25, 0.3) is 0 Å². The molecule has 10 heteroatoms. The van der Waals surface area contributed by atoms with Crippen molar-refractivity contribution in [2.45, 2.75) is 11.1 Å². The summed E-state index contributed by atoms with van der Waals surface area (Å²) >= 11 is 5.80. The number of rotatable bonds is 3. The number of nitrogens with zero attached hydrogens (tertiary/aromatic N) is 1. The molecular formula is C12H9ClF3N3O2S. The summed E-state index contributed by atoms with van der Waals surface area (Å²) in [5.41, 5.74) is -1.09. The fourth-order valence-electron chi connectivity index (χ4n) is 1.71. The van der Waals surface area contributed by atoms with E-state index in [0.29, 0.717) is 6.07 Å². The predicted molar refractivity (Wildman–Crippen MR) is 75.3 cm³/mol. The van der Waals surface area contributed by atoms with Crippen molar-refractivity contribution in [2.75, 3.05) is 5.32 Å². The van der Waals surface area contributed by atoms with Crippen molar-refractivity contribution in [2.24, 2.45) is 5.14 Å². The molecule has 22 heavy (non-hydrogen) atoms. The number of hydrogen-bond acceptors (Lipinski definition) is 4. The minimum atomic E-state index is -4.88. The van der Waals surface area contributed by atoms with E-state index in [4.69, 9.17) is 16.7 Å². The summed E-state index contributed by atoms with van der Waals surface area (Å²) in [6, 6.07) is 5.62. The SMILES string of the molecule is NS(=O)(=O)c1ccc(Nc2cccnc2Cl)cc1C(F)(F)F. The second-order valence-corrected chi connectivity index (χ2v) is 6.11. The molecule has 2 aromatic rings. The molecule has 0 unspecified atom stereocenters. The summed E-state index contributed by atoms with van der Waals surface area (Å²) in [6.45, 7) is 0. The normalized spacial score (nSPS) is 12.2. The van der Waals surface area contributed by atoms with E-state index in [-0.39, 0.29) is 16.5 Å². The highest BCUT2D eigenvalue weighted by molar-refractivity contribution is 7.89. The van der Waals surface area contributed by atoms with Crippen LogP contribution < -0.4 is 10.5 Å². The van der Waals surface area contributed by atoms with E-state index in [2.05, 4.69) is 10.3 Å². The molecule has 118 valence electrons. The van der Waals surface area contributed by atoms with Gasteiger partial charge in [-0.25, -0.2) is 18.5 Å². The first kappa shape index (κ1) is 16.5. The fraction of sp³-hybridized carbons (Fsp3) is 0.0833. The van der Waals surface area contributed by atoms with Gasteiger partial charge in [-0.3, -0.25) is 0 Å². The monoisotopic (exact) mass is 351 g/mol. The van der Waals surface area contributed by atoms with Crippen LogP contribution in [0, 0.1) is 0 Å². The molecule has 0 radical (unpaired) electrons. The molecule has 0 aliphatic rings. The van der Waals surface area contributed by atoms with Gasteiger partial charge in [-0.05, 0) is 30.3 Å². The van der Waals surface area contributed by atoms with E-state index in [1.807, 2.05) is 0 Å². The van der Waals surface area contributed by atoms with Crippen LogP contribution in [-0.2, 0) is 16.2 Å². The van der Waals surface area contributed by atoms with Gasteiger partial charge in [0.05, 0.1) is 16.1 Å². The van der Waals surface area contributed by atoms with Crippen molar-refractivity contribution in [3.8, 4) is 0 Å². The minimum Gasteiger partial charge on any atom is -0.353 e. The lowest BCUT2D eigenvalue weighted by Crippen LogP contribution is -2.19. The Bertz CT molecular complexity index is 810. The van der Waals surface area contributed by atoms with Gasteiger partial charge in [0.2, 0.25) is 10.0 Å². The molecule has 0 saturated carbocycles. The lowest BCUT2D eigenvalue weighted by Gasteiger charge is -2.14. The lowest BCUT2D eigenvalue weighted by molar-refractivity contribution is -0.139. The Morgan fingerprint density at radius 3 is 2.45 bits per heavy atom. The number of nitrogens with two attached hydrogens (primary N) is 1. The number of sulfonamides is 1. The third-order valence-corrected chi connectivity index (χ3v) is 3.90. The zero-order chi connectivity index (χ0) is 16.5. The summed E-state index contributed by atoms with van der Waals surface area (Å²) in [5.74, 6) is 0. The Balaban J connectivity index is 2.51. The van der Waals surface area contributed by atoms with Gasteiger partial charge in [-0.1, -0.05) is 11.6 Å². The molecule has 0 saturated heterocycles. The van der Waals surface area contributed by atoms with E-state index < -0.39 is 26.7 Å². The van der Waals surface area contributed by atoms with Gasteiger partial charge in [-0.2, -0.15) is 13.2 Å². The first-order chi connectivity index (χ1) is 10.1. The lowest BCUT2D eigenvalue weighted by atomic mass is 10.2. The van der Waals surface area contributed by atoms with Crippen molar-refractivity contribution in [3.05, 3.63) is 47.2 Å². The molecule has 1 aromatic heterocycles. The molecule has 0 bridgehead atoms. The number of nitrogens with one attached hydrogen (secondary N) is 1. The molecular weight excluding hydrogens is 343 g/mol. The highest BCUT2D eigenvalue weighted by Crippen LogP contribution is 2.36. The van der Waals surface area contributed by atoms with Gasteiger partial charge in [-0.15, -0.1) is 0 Å². The van der Waals surface area contributed by atoms with E-state index in [1.54, 1.807) is 0 Å². The quantitative estimate of drug-likeness (QED) is 0.832. The highest BCUT2D eigenvalue weighted by atomic mass is 35.5. The molecule has 3 N–H and O–H groups in total. The Kier molecular flexibility index (Phi) is 4.32. The summed E-state index contributed by atoms with van der Waals surface area (Å²) < 4.78 is 61.5. The van der Waals surface area contributed by atoms with E-state index in [0.717, 1.165) is 12.1 Å². The molecule has 0 spiro atoms. The van der Waals surface area contributed by atoms with E-state index >= 15 is 0 Å². The second-order valence-electron chi connectivity index (χ2n) is 4.22. The van der Waals surface area contributed by atoms with Crippen LogP contribution in [0.2, 0.25) is 5.15 Å². The average molecular weight is 352 g/mol. The van der Waals surface area contributed by atoms with Crippen molar-refractivity contribution >= 4 is 33.0 Å². The molecule has 0 aliphatic heterocycles. The van der Waals surface area contributed by atoms with Crippen molar-refractivity contribution in [3.63, 3.8) is 0 Å². The van der Waals surface area contributed by atoms with E-state index in [9.17, 15) is 21.6 Å². The smallest absolute Gasteiger partial charge is 0.353 e. The number of pyridine rings is 1. The van der Waals surface area contributed by atoms with Crippen molar-refractivity contribution in [1.29, 1.82) is 0 Å². The molecule has 1 heterocycles. The minimum absolute atomic E-state index is 0.00498. The molecule has 5 nitrogen and oxygen atoms in total. The van der Waals surface area contributed by atoms with Crippen LogP contribution in [-0.4, -0.2) is 13.4 Å². The maximum atomic E-state index is 13.0. The van der Waals surface area contributed by atoms with Crippen LogP contribution in [0.1, 0.15) is 5.56 Å². The zero-order valence-corrected chi connectivity index (χ0v) is 12.3. The van der Waals surface area contributed by atoms with Crippen LogP contribution >= 0.6 is 11.6 Å². The van der Waals surface area contributed by atoms with E-state index in [1.165, 1.54) is 18.3 Å². The van der Waals surface area contributed by atoms with Gasteiger partial charge in [0.1, 0.15) is 0 Å². The Morgan fingerprint density at radius 1 is 1.23 bits per heavy atom. The van der Waals surface area contributed by atoms with Crippen LogP contribution in [0.25, 0.3) is 0 Å². The van der Waals surface area contributed by atoms with Crippen molar-refractivity contribution < 1.29 is 21.6 Å². The van der Waals surface area contributed by atoms with Crippen LogP contribution in [0.4, 0.5) is 24.5 Å². The molecule has 2 rings (SSSR count). The predicted octanol–water partition coefficient (Wildman–Crippen LogP) is 3.14. The Morgan fingerprint density at radius 2 is 1.91 bits per heavy atom. The number of hydrogen-bond donors (Lipinski definition) is 2. The number of benzene rings is 1. The molecule has 0 aliphatic carbocycles. The second kappa shape index (κ2) is 5.75. The molecule has 0 fully saturated rings. The van der Waals surface area contributed by atoms with Gasteiger partial charge in [0.15, 0.2) is 5.15 Å². The molecule has 0 amide bonds. The zero-order valence-electron chi connectivity index (χ0n) is 10.7. The van der Waals surface area contributed by atoms with Crippen LogP contribution in [0.15, 0.2) is 41.4 Å². The standard InChI is InChI=1S/C12H9ClF3N3O2S/c13-11-9(2-1-5-18-11)19-7-3-4-10(22(17,20)21)8(6-7)12(14,15)16/h1-6,19H,(H2,17,20,21). The highest BCUT2D eigenvalue weighted by Gasteiger charge is 2.36. The van der Waals surface area contributed by atoms with Crippen LogP contribution in [0.3, 0.4) is 0 Å². The van der Waals surface area contributed by atoms with Gasteiger partial charge >= 0.3 is 6.18 Å². The maximum absolute atomic E-state index is 13.0. The average Bonchev–Trinajstić information content (AvgIpc) is 2.39. The van der Waals surface area contributed by atoms with Crippen molar-refractivity contribution in [1.82, 2.24) is 4.98 Å². The first-order valence-electron chi connectivity index (χ1n) is 5.70. The number of primary sulfonamides is 1. The fourth-order valence-corrected chi connectivity index (χ4v) is 2.62. The summed E-state index contributed by atoms with van der Waals surface area (Å²) in [5, 5.41) is 7.50. The maximum Gasteiger partial charge on any atom is 0.417 e. The Hall–Kier alpha value is -1.84. The first-order valence-corrected chi connectivity index (χ1v) is 7.63. The topological polar surface area (TPSA) is 85.1 Å². The molecule has 1 aromatic carbocycles. The largest absolute Gasteiger partial charge is 0.417 e. The number of aromatic nitrogens is 1. The summed E-state index contributed by atoms with van der Waals surface area (Å²) in [7, 11) is -4.50. The van der Waals surface area contributed by atoms with Gasteiger partial charge in [0, 0.05) is 11.9 Å². The Labute approximate surface area is 129 Å². The number of halogens is 4. The number of anilines is 2.